The second kappa shape index (κ2) is 6.62. The first kappa shape index (κ1) is 13.9. The van der Waals surface area contributed by atoms with Crippen LogP contribution in [0.5, 0.6) is 5.75 Å². The molecule has 2 rings (SSSR count). The van der Waals surface area contributed by atoms with Crippen LogP contribution in [0, 0.1) is 0 Å². The minimum atomic E-state index is 0.687. The summed E-state index contributed by atoms with van der Waals surface area (Å²) in [5.41, 5.74) is 1.77. The summed E-state index contributed by atoms with van der Waals surface area (Å²) in [6.45, 7) is 0. The number of nitrogens with one attached hydrogen (secondary N) is 1. The van der Waals surface area contributed by atoms with Crippen LogP contribution >= 0.6 is 11.6 Å². The van der Waals surface area contributed by atoms with E-state index in [-0.39, 0.29) is 0 Å². The number of amidine groups is 1. The number of benzene rings is 2. The van der Waals surface area contributed by atoms with E-state index >= 15 is 0 Å². The van der Waals surface area contributed by atoms with Gasteiger partial charge in [-0.2, -0.15) is 0 Å². The van der Waals surface area contributed by atoms with Crippen LogP contribution in [0.4, 0.5) is 11.4 Å². The van der Waals surface area contributed by atoms with Crippen molar-refractivity contribution in [2.75, 3.05) is 12.4 Å². The van der Waals surface area contributed by atoms with E-state index in [1.54, 1.807) is 19.2 Å². The van der Waals surface area contributed by atoms with Crippen molar-refractivity contribution in [3.8, 4) is 5.75 Å². The van der Waals surface area contributed by atoms with Gasteiger partial charge in [0.2, 0.25) is 0 Å². The van der Waals surface area contributed by atoms with Crippen molar-refractivity contribution in [1.82, 2.24) is 0 Å². The third-order valence-corrected chi connectivity index (χ3v) is 3.06. The molecule has 0 saturated heterocycles. The van der Waals surface area contributed by atoms with Gasteiger partial charge in [0.1, 0.15) is 0 Å². The summed E-state index contributed by atoms with van der Waals surface area (Å²) in [7, 11) is 1.64. The fraction of sp³-hybridized carbons (Fsp3) is 0.0714. The standard InChI is InChI=1S/C14H12ClN2OSe/c1-18-13-8-6-12(7-9-13)17-14(19)16-11-4-2-10(15)3-5-11/h2-9H,1H3,(H,16,17). The van der Waals surface area contributed by atoms with Gasteiger partial charge >= 0.3 is 125 Å². The predicted molar refractivity (Wildman–Crippen MR) is 80.9 cm³/mol. The van der Waals surface area contributed by atoms with Crippen molar-refractivity contribution in [2.45, 2.75) is 0 Å². The van der Waals surface area contributed by atoms with Crippen molar-refractivity contribution >= 4 is 43.7 Å². The Labute approximate surface area is 125 Å². The number of halogens is 1. The van der Waals surface area contributed by atoms with Gasteiger partial charge < -0.3 is 0 Å². The van der Waals surface area contributed by atoms with E-state index in [0.29, 0.717) is 9.76 Å². The molecule has 0 aliphatic rings. The van der Waals surface area contributed by atoms with Crippen LogP contribution in [0.1, 0.15) is 0 Å². The predicted octanol–water partition coefficient (Wildman–Crippen LogP) is 3.62. The van der Waals surface area contributed by atoms with E-state index in [4.69, 9.17) is 16.3 Å². The van der Waals surface area contributed by atoms with E-state index in [2.05, 4.69) is 26.3 Å². The molecule has 0 spiro atoms. The van der Waals surface area contributed by atoms with E-state index in [9.17, 15) is 0 Å². The zero-order valence-electron chi connectivity index (χ0n) is 10.3. The van der Waals surface area contributed by atoms with Gasteiger partial charge in [0.25, 0.3) is 0 Å². The number of aliphatic imine (C=N–C) groups is 1. The molecule has 2 aromatic rings. The Balaban J connectivity index is 2.06. The van der Waals surface area contributed by atoms with E-state index in [0.717, 1.165) is 17.1 Å². The molecule has 0 aromatic heterocycles. The molecule has 1 N–H and O–H groups in total. The number of hydrogen-bond acceptors (Lipinski definition) is 2. The molecule has 1 radical (unpaired) electrons. The minimum absolute atomic E-state index is 0.687. The monoisotopic (exact) mass is 339 g/mol. The molecule has 5 heteroatoms. The van der Waals surface area contributed by atoms with Crippen molar-refractivity contribution in [3.63, 3.8) is 0 Å². The number of anilines is 1. The Kier molecular flexibility index (Phi) is 4.86. The van der Waals surface area contributed by atoms with Crippen molar-refractivity contribution < 1.29 is 4.74 Å². The Bertz CT molecular complexity index is 567. The molecule has 3 nitrogen and oxygen atoms in total. The van der Waals surface area contributed by atoms with Gasteiger partial charge in [0.15, 0.2) is 0 Å². The van der Waals surface area contributed by atoms with Crippen LogP contribution < -0.4 is 10.1 Å². The number of ether oxygens (including phenoxy) is 1. The first-order valence-corrected chi connectivity index (χ1v) is 6.83. The first-order chi connectivity index (χ1) is 9.17. The van der Waals surface area contributed by atoms with E-state index in [1.807, 2.05) is 36.4 Å². The van der Waals surface area contributed by atoms with Crippen molar-refractivity contribution in [3.05, 3.63) is 53.6 Å². The van der Waals surface area contributed by atoms with Gasteiger partial charge in [-0.1, -0.05) is 0 Å². The summed E-state index contributed by atoms with van der Waals surface area (Å²) in [4.78, 5) is 4.40. The van der Waals surface area contributed by atoms with Crippen LogP contribution in [0.25, 0.3) is 0 Å². The fourth-order valence-corrected chi connectivity index (χ4v) is 2.05. The molecule has 19 heavy (non-hydrogen) atoms. The molecule has 97 valence electrons. The number of nitrogens with zero attached hydrogens (tertiary/aromatic N) is 1. The van der Waals surface area contributed by atoms with Gasteiger partial charge in [0, 0.05) is 0 Å². The molecule has 0 aliphatic carbocycles. The molecule has 0 bridgehead atoms. The maximum atomic E-state index is 5.82. The van der Waals surface area contributed by atoms with Crippen LogP contribution in [0.2, 0.25) is 5.02 Å². The quantitative estimate of drug-likeness (QED) is 0.527. The molecular weight excluding hydrogens is 327 g/mol. The van der Waals surface area contributed by atoms with Gasteiger partial charge in [-0.25, -0.2) is 0 Å². The molecule has 0 fully saturated rings. The summed E-state index contributed by atoms with van der Waals surface area (Å²) in [5.74, 6) is 0.821. The van der Waals surface area contributed by atoms with Gasteiger partial charge in [0.05, 0.1) is 0 Å². The summed E-state index contributed by atoms with van der Waals surface area (Å²) in [6.07, 6.45) is 0. The van der Waals surface area contributed by atoms with Crippen LogP contribution in [-0.2, 0) is 0 Å². The summed E-state index contributed by atoms with van der Waals surface area (Å²) >= 11 is 8.71. The molecule has 0 atom stereocenters. The van der Waals surface area contributed by atoms with E-state index < -0.39 is 0 Å². The zero-order valence-corrected chi connectivity index (χ0v) is 12.7. The second-order valence-electron chi connectivity index (χ2n) is 3.75. The topological polar surface area (TPSA) is 33.6 Å². The summed E-state index contributed by atoms with van der Waals surface area (Å²) in [5, 5.41) is 3.86. The SMILES string of the molecule is COc1ccc(NC([Se])=Nc2ccc(Cl)cc2)cc1. The van der Waals surface area contributed by atoms with Gasteiger partial charge in [-0.05, 0) is 0 Å². The van der Waals surface area contributed by atoms with Gasteiger partial charge in [-0.3, -0.25) is 0 Å². The third kappa shape index (κ3) is 4.28. The molecule has 0 unspecified atom stereocenters. The van der Waals surface area contributed by atoms with Gasteiger partial charge in [-0.15, -0.1) is 0 Å². The van der Waals surface area contributed by atoms with Crippen LogP contribution in [0.3, 0.4) is 0 Å². The number of rotatable bonds is 3. The Morgan fingerprint density at radius 1 is 1.11 bits per heavy atom. The Morgan fingerprint density at radius 3 is 2.32 bits per heavy atom. The average molecular weight is 339 g/mol. The molecule has 0 saturated carbocycles. The fourth-order valence-electron chi connectivity index (χ4n) is 1.46. The third-order valence-electron chi connectivity index (χ3n) is 2.40. The van der Waals surface area contributed by atoms with Crippen LogP contribution in [0.15, 0.2) is 53.5 Å². The first-order valence-electron chi connectivity index (χ1n) is 5.60. The van der Waals surface area contributed by atoms with Crippen LogP contribution in [-0.4, -0.2) is 27.9 Å². The normalized spacial score (nSPS) is 11.2. The number of methoxy groups -OCH3 is 1. The van der Waals surface area contributed by atoms with Crippen molar-refractivity contribution in [2.24, 2.45) is 4.99 Å². The molecule has 0 aliphatic heterocycles. The molecule has 0 amide bonds. The zero-order chi connectivity index (χ0) is 13.7. The maximum absolute atomic E-state index is 5.82. The van der Waals surface area contributed by atoms with Crippen molar-refractivity contribution in [1.29, 1.82) is 0 Å². The molecule has 2 aromatic carbocycles. The number of hydrogen-bond donors (Lipinski definition) is 1. The second-order valence-corrected chi connectivity index (χ2v) is 4.99. The summed E-state index contributed by atoms with van der Waals surface area (Å²) < 4.78 is 5.79. The Hall–Kier alpha value is -1.48. The molecule has 0 heterocycles. The molecular formula is C14H12ClN2OSe. The average Bonchev–Trinajstić information content (AvgIpc) is 2.42. The Morgan fingerprint density at radius 2 is 1.74 bits per heavy atom. The summed E-state index contributed by atoms with van der Waals surface area (Å²) in [6, 6.07) is 14.9. The van der Waals surface area contributed by atoms with E-state index in [1.165, 1.54) is 0 Å².